The van der Waals surface area contributed by atoms with Gasteiger partial charge in [0.2, 0.25) is 5.91 Å². The van der Waals surface area contributed by atoms with Crippen molar-refractivity contribution in [1.82, 2.24) is 5.32 Å². The predicted octanol–water partition coefficient (Wildman–Crippen LogP) is 3.21. The number of nitrogens with zero attached hydrogens (tertiary/aromatic N) is 1. The molecule has 3 heterocycles. The van der Waals surface area contributed by atoms with Crippen molar-refractivity contribution in [3.05, 3.63) is 29.3 Å². The van der Waals surface area contributed by atoms with Crippen LogP contribution in [0.3, 0.4) is 0 Å². The zero-order chi connectivity index (χ0) is 22.5. The largest absolute Gasteiger partial charge is 0.490 e. The first-order valence-electron chi connectivity index (χ1n) is 11.9. The molecule has 4 atom stereocenters. The van der Waals surface area contributed by atoms with Crippen LogP contribution in [0.15, 0.2) is 23.2 Å². The second-order valence-electron chi connectivity index (χ2n) is 10.8. The van der Waals surface area contributed by atoms with Crippen molar-refractivity contribution >= 4 is 11.9 Å². The molecule has 7 nitrogen and oxygen atoms in total. The fourth-order valence-corrected chi connectivity index (χ4v) is 5.73. The Morgan fingerprint density at radius 1 is 1.19 bits per heavy atom. The van der Waals surface area contributed by atoms with Gasteiger partial charge >= 0.3 is 0 Å². The van der Waals surface area contributed by atoms with E-state index >= 15 is 0 Å². The summed E-state index contributed by atoms with van der Waals surface area (Å²) in [6.07, 6.45) is 4.67. The Bertz CT molecular complexity index is 918. The van der Waals surface area contributed by atoms with Crippen LogP contribution in [0.5, 0.6) is 5.75 Å². The summed E-state index contributed by atoms with van der Waals surface area (Å²) in [6.45, 7) is 7.87. The van der Waals surface area contributed by atoms with Crippen LogP contribution in [0.1, 0.15) is 69.9 Å². The maximum Gasteiger partial charge on any atom is 0.283 e. The van der Waals surface area contributed by atoms with E-state index in [-0.39, 0.29) is 30.0 Å². The Balaban J connectivity index is 1.48. The number of hydrogen-bond donors (Lipinski definition) is 2. The first-order chi connectivity index (χ1) is 15.3. The summed E-state index contributed by atoms with van der Waals surface area (Å²) < 4.78 is 17.9. The summed E-state index contributed by atoms with van der Waals surface area (Å²) in [5.41, 5.74) is 7.48. The number of aliphatic imine (C=N–C) groups is 1. The molecule has 1 aromatic carbocycles. The number of amidine groups is 1. The predicted molar refractivity (Wildman–Crippen MR) is 122 cm³/mol. The summed E-state index contributed by atoms with van der Waals surface area (Å²) in [7, 11) is 0. The first kappa shape index (κ1) is 21.6. The average Bonchev–Trinajstić information content (AvgIpc) is 3.16. The normalized spacial score (nSPS) is 32.3. The zero-order valence-electron chi connectivity index (χ0n) is 19.4. The van der Waals surface area contributed by atoms with E-state index in [2.05, 4.69) is 23.5 Å². The van der Waals surface area contributed by atoms with Crippen LogP contribution >= 0.6 is 0 Å². The van der Waals surface area contributed by atoms with Crippen molar-refractivity contribution in [3.63, 3.8) is 0 Å². The van der Waals surface area contributed by atoms with E-state index in [1.54, 1.807) is 0 Å². The highest BCUT2D eigenvalue weighted by atomic mass is 16.5. The van der Waals surface area contributed by atoms with Gasteiger partial charge in [-0.3, -0.25) is 4.79 Å². The summed E-state index contributed by atoms with van der Waals surface area (Å²) in [5.74, 6) is 1.55. The van der Waals surface area contributed by atoms with Gasteiger partial charge in [0.05, 0.1) is 0 Å². The molecule has 1 saturated heterocycles. The second-order valence-corrected chi connectivity index (χ2v) is 10.8. The molecule has 1 unspecified atom stereocenters. The highest BCUT2D eigenvalue weighted by molar-refractivity contribution is 5.81. The van der Waals surface area contributed by atoms with Crippen LogP contribution in [0.4, 0.5) is 0 Å². The van der Waals surface area contributed by atoms with E-state index in [4.69, 9.17) is 24.9 Å². The summed E-state index contributed by atoms with van der Waals surface area (Å²) in [4.78, 5) is 17.6. The minimum absolute atomic E-state index is 0.0393. The number of rotatable bonds is 2. The van der Waals surface area contributed by atoms with Crippen molar-refractivity contribution in [1.29, 1.82) is 0 Å². The fourth-order valence-electron chi connectivity index (χ4n) is 5.73. The molecule has 32 heavy (non-hydrogen) atoms. The number of carbonyl (C=O) groups excluding carboxylic acids is 1. The molecule has 3 aliphatic heterocycles. The summed E-state index contributed by atoms with van der Waals surface area (Å²) >= 11 is 0. The number of hydrogen-bond acceptors (Lipinski definition) is 6. The molecule has 1 aliphatic carbocycles. The van der Waals surface area contributed by atoms with Crippen LogP contribution in [-0.4, -0.2) is 43.9 Å². The van der Waals surface area contributed by atoms with E-state index in [0.717, 1.165) is 56.6 Å². The number of ether oxygens (including phenoxy) is 3. The number of benzene rings is 1. The van der Waals surface area contributed by atoms with E-state index in [9.17, 15) is 4.79 Å². The molecule has 5 rings (SSSR count). The van der Waals surface area contributed by atoms with Gasteiger partial charge in [0.15, 0.2) is 0 Å². The highest BCUT2D eigenvalue weighted by Crippen LogP contribution is 2.53. The van der Waals surface area contributed by atoms with E-state index in [0.29, 0.717) is 12.5 Å². The van der Waals surface area contributed by atoms with Gasteiger partial charge in [0, 0.05) is 36.2 Å². The molecule has 174 valence electrons. The standard InChI is InChI=1S/C25H35N3O4/c1-24(2,3)22(29)27-17-5-7-21-19(13-17)25(14-31-23(26)28-25)18-12-16(4-6-20(18)32-21)15-8-10-30-11-9-15/h4,6,12,15,17,19,21H,5,7-11,13-14H2,1-3H3,(H2,26,28)(H,27,29)/t17-,19+,21+,25?/m1/s1. The third-order valence-corrected chi connectivity index (χ3v) is 7.61. The van der Waals surface area contributed by atoms with Gasteiger partial charge < -0.3 is 25.3 Å². The third-order valence-electron chi connectivity index (χ3n) is 7.61. The molecule has 1 saturated carbocycles. The Morgan fingerprint density at radius 3 is 2.66 bits per heavy atom. The third kappa shape index (κ3) is 3.74. The van der Waals surface area contributed by atoms with Crippen LogP contribution in [0.25, 0.3) is 0 Å². The molecular weight excluding hydrogens is 406 g/mol. The molecule has 3 N–H and O–H groups in total. The molecule has 1 amide bonds. The monoisotopic (exact) mass is 441 g/mol. The van der Waals surface area contributed by atoms with E-state index < -0.39 is 11.0 Å². The fraction of sp³-hybridized carbons (Fsp3) is 0.680. The summed E-state index contributed by atoms with van der Waals surface area (Å²) in [6, 6.07) is 6.91. The van der Waals surface area contributed by atoms with Crippen LogP contribution < -0.4 is 15.8 Å². The minimum atomic E-state index is -0.561. The van der Waals surface area contributed by atoms with Gasteiger partial charge in [0.25, 0.3) is 6.02 Å². The lowest BCUT2D eigenvalue weighted by atomic mass is 9.66. The maximum atomic E-state index is 12.7. The topological polar surface area (TPSA) is 95.2 Å². The van der Waals surface area contributed by atoms with Gasteiger partial charge in [-0.05, 0) is 55.7 Å². The molecule has 4 aliphatic rings. The molecule has 2 fully saturated rings. The lowest BCUT2D eigenvalue weighted by Gasteiger charge is -2.48. The van der Waals surface area contributed by atoms with Crippen LogP contribution in [0.2, 0.25) is 0 Å². The lowest BCUT2D eigenvalue weighted by Crippen LogP contribution is -2.55. The average molecular weight is 442 g/mol. The highest BCUT2D eigenvalue weighted by Gasteiger charge is 2.55. The van der Waals surface area contributed by atoms with E-state index in [1.165, 1.54) is 5.56 Å². The molecule has 1 aromatic rings. The van der Waals surface area contributed by atoms with Gasteiger partial charge in [-0.2, -0.15) is 0 Å². The first-order valence-corrected chi connectivity index (χ1v) is 11.9. The molecule has 7 heteroatoms. The minimum Gasteiger partial charge on any atom is -0.490 e. The summed E-state index contributed by atoms with van der Waals surface area (Å²) in [5, 5.41) is 3.27. The lowest BCUT2D eigenvalue weighted by molar-refractivity contribution is -0.130. The second kappa shape index (κ2) is 7.94. The number of fused-ring (bicyclic) bond motifs is 4. The van der Waals surface area contributed by atoms with Crippen molar-refractivity contribution < 1.29 is 19.0 Å². The van der Waals surface area contributed by atoms with Crippen molar-refractivity contribution in [2.75, 3.05) is 19.8 Å². The Hall–Kier alpha value is -2.28. The number of amides is 1. The quantitative estimate of drug-likeness (QED) is 0.735. The molecule has 0 bridgehead atoms. The number of nitrogens with two attached hydrogens (primary N) is 1. The van der Waals surface area contributed by atoms with Crippen LogP contribution in [0, 0.1) is 11.3 Å². The van der Waals surface area contributed by atoms with E-state index in [1.807, 2.05) is 20.8 Å². The Kier molecular flexibility index (Phi) is 5.35. The SMILES string of the molecule is CC(C)(C)C(=O)N[C@@H]1CC[C@@H]2Oc3ccc(C4CCOCC4)cc3C3(COC(N)=N3)[C@H]2C1. The van der Waals surface area contributed by atoms with Crippen molar-refractivity contribution in [3.8, 4) is 5.75 Å². The van der Waals surface area contributed by atoms with Gasteiger partial charge in [-0.25, -0.2) is 4.99 Å². The van der Waals surface area contributed by atoms with Crippen LogP contribution in [-0.2, 0) is 19.8 Å². The van der Waals surface area contributed by atoms with Crippen molar-refractivity contribution in [2.45, 2.75) is 76.5 Å². The molecule has 0 radical (unpaired) electrons. The van der Waals surface area contributed by atoms with Gasteiger partial charge in [0.1, 0.15) is 24.0 Å². The maximum absolute atomic E-state index is 12.7. The Morgan fingerprint density at radius 2 is 1.97 bits per heavy atom. The van der Waals surface area contributed by atoms with Gasteiger partial charge in [-0.1, -0.05) is 26.8 Å². The zero-order valence-corrected chi connectivity index (χ0v) is 19.4. The molecular formula is C25H35N3O4. The van der Waals surface area contributed by atoms with Crippen molar-refractivity contribution in [2.24, 2.45) is 22.1 Å². The molecule has 1 spiro atoms. The van der Waals surface area contributed by atoms with Gasteiger partial charge in [-0.15, -0.1) is 0 Å². The molecule has 0 aromatic heterocycles. The number of nitrogens with one attached hydrogen (secondary N) is 1. The number of carbonyl (C=O) groups is 1. The smallest absolute Gasteiger partial charge is 0.283 e. The Labute approximate surface area is 190 Å².